The maximum absolute atomic E-state index is 13.3. The minimum Gasteiger partial charge on any atom is -0.322 e. The topological polar surface area (TPSA) is 51.9 Å². The van der Waals surface area contributed by atoms with Crippen LogP contribution in [0.3, 0.4) is 0 Å². The third-order valence-corrected chi connectivity index (χ3v) is 5.16. The van der Waals surface area contributed by atoms with Gasteiger partial charge in [-0.1, -0.05) is 23.8 Å². The van der Waals surface area contributed by atoms with Crippen LogP contribution in [0.4, 0.5) is 5.69 Å². The standard InChI is InChI=1S/C24H24N4O/c1-16-7-11-21(12-8-16)28-24(27-13-5-6-14-27)22(19(4)26-28)23(29)25-20-10-9-17(2)18(3)15-20/h5-15H,1-4H3,(H,25,29). The van der Waals surface area contributed by atoms with Gasteiger partial charge in [0.15, 0.2) is 5.82 Å². The molecule has 146 valence electrons. The van der Waals surface area contributed by atoms with Crippen LogP contribution in [-0.2, 0) is 0 Å². The maximum Gasteiger partial charge on any atom is 0.261 e. The molecule has 1 N–H and O–H groups in total. The first-order valence-corrected chi connectivity index (χ1v) is 9.62. The minimum atomic E-state index is -0.173. The number of nitrogens with one attached hydrogen (secondary N) is 1. The van der Waals surface area contributed by atoms with Crippen molar-refractivity contribution < 1.29 is 4.79 Å². The summed E-state index contributed by atoms with van der Waals surface area (Å²) < 4.78 is 3.75. The second-order valence-electron chi connectivity index (χ2n) is 7.37. The SMILES string of the molecule is Cc1ccc(-n2nc(C)c(C(=O)Nc3ccc(C)c(C)c3)c2-n2cccc2)cc1. The second-order valence-corrected chi connectivity index (χ2v) is 7.37. The van der Waals surface area contributed by atoms with Gasteiger partial charge in [0, 0.05) is 18.1 Å². The number of anilines is 1. The largest absolute Gasteiger partial charge is 0.322 e. The highest BCUT2D eigenvalue weighted by molar-refractivity contribution is 6.07. The molecule has 2 aromatic heterocycles. The highest BCUT2D eigenvalue weighted by atomic mass is 16.1. The Labute approximate surface area is 170 Å². The van der Waals surface area contributed by atoms with Gasteiger partial charge in [0.1, 0.15) is 5.56 Å². The number of rotatable bonds is 4. The molecule has 2 heterocycles. The number of aryl methyl sites for hydroxylation is 4. The fourth-order valence-corrected chi connectivity index (χ4v) is 3.37. The molecule has 0 bridgehead atoms. The number of hydrogen-bond donors (Lipinski definition) is 1. The summed E-state index contributed by atoms with van der Waals surface area (Å²) in [6, 6.07) is 17.9. The van der Waals surface area contributed by atoms with Crippen molar-refractivity contribution in [3.8, 4) is 11.5 Å². The summed E-state index contributed by atoms with van der Waals surface area (Å²) in [5.41, 5.74) is 6.43. The van der Waals surface area contributed by atoms with E-state index in [1.165, 1.54) is 11.1 Å². The zero-order chi connectivity index (χ0) is 20.5. The van der Waals surface area contributed by atoms with Crippen molar-refractivity contribution in [2.75, 3.05) is 5.32 Å². The molecule has 0 radical (unpaired) electrons. The van der Waals surface area contributed by atoms with Crippen LogP contribution < -0.4 is 5.32 Å². The van der Waals surface area contributed by atoms with Gasteiger partial charge in [-0.25, -0.2) is 4.68 Å². The molecule has 0 saturated carbocycles. The van der Waals surface area contributed by atoms with Crippen LogP contribution in [0.1, 0.15) is 32.7 Å². The van der Waals surface area contributed by atoms with E-state index in [0.29, 0.717) is 11.3 Å². The van der Waals surface area contributed by atoms with Crippen LogP contribution in [0.25, 0.3) is 11.5 Å². The zero-order valence-electron chi connectivity index (χ0n) is 17.1. The summed E-state index contributed by atoms with van der Waals surface area (Å²) in [6.07, 6.45) is 3.85. The average molecular weight is 384 g/mol. The molecule has 0 spiro atoms. The van der Waals surface area contributed by atoms with Crippen molar-refractivity contribution in [1.82, 2.24) is 14.3 Å². The lowest BCUT2D eigenvalue weighted by Crippen LogP contribution is -2.16. The van der Waals surface area contributed by atoms with Crippen LogP contribution in [0, 0.1) is 27.7 Å². The monoisotopic (exact) mass is 384 g/mol. The molecular weight excluding hydrogens is 360 g/mol. The molecule has 0 aliphatic heterocycles. The summed E-state index contributed by atoms with van der Waals surface area (Å²) in [7, 11) is 0. The van der Waals surface area contributed by atoms with Crippen LogP contribution in [0.2, 0.25) is 0 Å². The van der Waals surface area contributed by atoms with Crippen LogP contribution in [-0.4, -0.2) is 20.3 Å². The molecule has 4 aromatic rings. The minimum absolute atomic E-state index is 0.173. The summed E-state index contributed by atoms with van der Waals surface area (Å²) in [4.78, 5) is 13.3. The molecule has 0 saturated heterocycles. The fraction of sp³-hybridized carbons (Fsp3) is 0.167. The van der Waals surface area contributed by atoms with E-state index >= 15 is 0 Å². The Morgan fingerprint density at radius 3 is 2.24 bits per heavy atom. The van der Waals surface area contributed by atoms with Gasteiger partial charge in [-0.15, -0.1) is 0 Å². The molecule has 0 aliphatic rings. The van der Waals surface area contributed by atoms with E-state index in [1.54, 1.807) is 0 Å². The van der Waals surface area contributed by atoms with Crippen molar-refractivity contribution in [3.63, 3.8) is 0 Å². The van der Waals surface area contributed by atoms with E-state index in [-0.39, 0.29) is 5.91 Å². The quantitative estimate of drug-likeness (QED) is 0.529. The number of benzene rings is 2. The van der Waals surface area contributed by atoms with Crippen LogP contribution >= 0.6 is 0 Å². The number of hydrogen-bond acceptors (Lipinski definition) is 2. The van der Waals surface area contributed by atoms with E-state index in [1.807, 2.05) is 97.0 Å². The lowest BCUT2D eigenvalue weighted by Gasteiger charge is -2.12. The van der Waals surface area contributed by atoms with Crippen molar-refractivity contribution in [1.29, 1.82) is 0 Å². The molecule has 29 heavy (non-hydrogen) atoms. The number of aromatic nitrogens is 3. The van der Waals surface area contributed by atoms with Crippen molar-refractivity contribution >= 4 is 11.6 Å². The van der Waals surface area contributed by atoms with Crippen molar-refractivity contribution in [2.45, 2.75) is 27.7 Å². The Balaban J connectivity index is 1.81. The molecular formula is C24H24N4O. The molecule has 4 rings (SSSR count). The zero-order valence-corrected chi connectivity index (χ0v) is 17.1. The van der Waals surface area contributed by atoms with E-state index in [2.05, 4.69) is 12.2 Å². The van der Waals surface area contributed by atoms with E-state index in [4.69, 9.17) is 5.10 Å². The third kappa shape index (κ3) is 3.59. The Kier molecular flexibility index (Phi) is 4.80. The summed E-state index contributed by atoms with van der Waals surface area (Å²) >= 11 is 0. The van der Waals surface area contributed by atoms with Gasteiger partial charge in [0.2, 0.25) is 0 Å². The summed E-state index contributed by atoms with van der Waals surface area (Å²) in [5.74, 6) is 0.547. The lowest BCUT2D eigenvalue weighted by atomic mass is 10.1. The van der Waals surface area contributed by atoms with Gasteiger partial charge < -0.3 is 9.88 Å². The molecule has 2 aromatic carbocycles. The Morgan fingerprint density at radius 2 is 1.59 bits per heavy atom. The van der Waals surface area contributed by atoms with Gasteiger partial charge in [-0.3, -0.25) is 4.79 Å². The molecule has 0 aliphatic carbocycles. The summed E-state index contributed by atoms with van der Waals surface area (Å²) in [5, 5.41) is 7.73. The molecule has 0 atom stereocenters. The number of nitrogens with zero attached hydrogens (tertiary/aromatic N) is 3. The molecule has 5 heteroatoms. The molecule has 0 fully saturated rings. The van der Waals surface area contributed by atoms with Crippen molar-refractivity contribution in [2.24, 2.45) is 0 Å². The van der Waals surface area contributed by atoms with Gasteiger partial charge in [-0.05, 0) is 75.2 Å². The normalized spacial score (nSPS) is 10.9. The fourth-order valence-electron chi connectivity index (χ4n) is 3.37. The molecule has 1 amide bonds. The van der Waals surface area contributed by atoms with E-state index < -0.39 is 0 Å². The van der Waals surface area contributed by atoms with E-state index in [9.17, 15) is 4.79 Å². The highest BCUT2D eigenvalue weighted by Gasteiger charge is 2.23. The van der Waals surface area contributed by atoms with Crippen LogP contribution in [0.15, 0.2) is 67.0 Å². The molecule has 5 nitrogen and oxygen atoms in total. The predicted octanol–water partition coefficient (Wildman–Crippen LogP) is 5.15. The number of carbonyl (C=O) groups excluding carboxylic acids is 1. The van der Waals surface area contributed by atoms with Gasteiger partial charge >= 0.3 is 0 Å². The maximum atomic E-state index is 13.3. The Hall–Kier alpha value is -3.60. The molecule has 0 unspecified atom stereocenters. The van der Waals surface area contributed by atoms with Gasteiger partial charge in [0.05, 0.1) is 11.4 Å². The van der Waals surface area contributed by atoms with Gasteiger partial charge in [-0.2, -0.15) is 5.10 Å². The second kappa shape index (κ2) is 7.43. The average Bonchev–Trinajstić information content (AvgIpc) is 3.33. The van der Waals surface area contributed by atoms with E-state index in [0.717, 1.165) is 22.8 Å². The first kappa shape index (κ1) is 18.7. The first-order chi connectivity index (χ1) is 13.9. The smallest absolute Gasteiger partial charge is 0.261 e. The number of carbonyl (C=O) groups is 1. The number of amides is 1. The lowest BCUT2D eigenvalue weighted by molar-refractivity contribution is 0.102. The van der Waals surface area contributed by atoms with Crippen LogP contribution in [0.5, 0.6) is 0 Å². The van der Waals surface area contributed by atoms with Crippen molar-refractivity contribution in [3.05, 3.63) is 94.9 Å². The Morgan fingerprint density at radius 1 is 0.897 bits per heavy atom. The Bertz CT molecular complexity index is 1170. The highest BCUT2D eigenvalue weighted by Crippen LogP contribution is 2.25. The predicted molar refractivity (Wildman–Crippen MR) is 116 cm³/mol. The third-order valence-electron chi connectivity index (χ3n) is 5.16. The van der Waals surface area contributed by atoms with Gasteiger partial charge in [0.25, 0.3) is 5.91 Å². The summed E-state index contributed by atoms with van der Waals surface area (Å²) in [6.45, 7) is 8.01. The first-order valence-electron chi connectivity index (χ1n) is 9.62.